The number of hydrogen-bond donors (Lipinski definition) is 3. The molecule has 0 aliphatic carbocycles. The van der Waals surface area contributed by atoms with Gasteiger partial charge in [0.2, 0.25) is 0 Å². The van der Waals surface area contributed by atoms with E-state index >= 15 is 0 Å². The highest BCUT2D eigenvalue weighted by Crippen LogP contribution is 2.05. The minimum atomic E-state index is -0.490. The molecule has 6 heteroatoms. The summed E-state index contributed by atoms with van der Waals surface area (Å²) in [5.74, 6) is 0.191. The van der Waals surface area contributed by atoms with Crippen LogP contribution >= 0.6 is 0 Å². The zero-order chi connectivity index (χ0) is 15.8. The standard InChI is InChI=1S/C15H28N4O2/c1-5-11(2)14(20)10-17-15(21)16-7-6-8-19-13(4)9-12(3)18-19/h9,11,14,20H,5-8,10H2,1-4H3,(H2,16,17,21). The number of aromatic nitrogens is 2. The number of aryl methyl sites for hydroxylation is 3. The predicted molar refractivity (Wildman–Crippen MR) is 83.2 cm³/mol. The van der Waals surface area contributed by atoms with Gasteiger partial charge in [-0.2, -0.15) is 5.10 Å². The Hall–Kier alpha value is -1.56. The Morgan fingerprint density at radius 1 is 1.43 bits per heavy atom. The third-order valence-corrected chi connectivity index (χ3v) is 3.71. The van der Waals surface area contributed by atoms with Crippen molar-refractivity contribution in [1.29, 1.82) is 0 Å². The van der Waals surface area contributed by atoms with E-state index in [1.54, 1.807) is 0 Å². The van der Waals surface area contributed by atoms with Crippen molar-refractivity contribution in [2.45, 2.75) is 53.2 Å². The van der Waals surface area contributed by atoms with E-state index in [-0.39, 0.29) is 18.5 Å². The molecule has 120 valence electrons. The Kier molecular flexibility index (Phi) is 7.22. The number of carbonyl (C=O) groups excluding carboxylic acids is 1. The van der Waals surface area contributed by atoms with Crippen LogP contribution in [0.5, 0.6) is 0 Å². The largest absolute Gasteiger partial charge is 0.391 e. The fourth-order valence-electron chi connectivity index (χ4n) is 2.07. The number of nitrogens with one attached hydrogen (secondary N) is 2. The first kappa shape index (κ1) is 17.5. The van der Waals surface area contributed by atoms with Gasteiger partial charge in [0.15, 0.2) is 0 Å². The lowest BCUT2D eigenvalue weighted by Gasteiger charge is -2.17. The molecule has 2 amide bonds. The first-order chi connectivity index (χ1) is 9.93. The van der Waals surface area contributed by atoms with Crippen LogP contribution in [0.1, 0.15) is 38.1 Å². The van der Waals surface area contributed by atoms with E-state index in [0.29, 0.717) is 6.54 Å². The molecule has 0 saturated heterocycles. The van der Waals surface area contributed by atoms with Gasteiger partial charge in [-0.15, -0.1) is 0 Å². The molecule has 0 spiro atoms. The summed E-state index contributed by atoms with van der Waals surface area (Å²) < 4.78 is 1.95. The number of rotatable bonds is 8. The zero-order valence-electron chi connectivity index (χ0n) is 13.5. The van der Waals surface area contributed by atoms with Crippen LogP contribution in [0.25, 0.3) is 0 Å². The Bertz CT molecular complexity index is 445. The monoisotopic (exact) mass is 296 g/mol. The topological polar surface area (TPSA) is 79.2 Å². The molecule has 1 aromatic heterocycles. The van der Waals surface area contributed by atoms with Crippen molar-refractivity contribution in [1.82, 2.24) is 20.4 Å². The highest BCUT2D eigenvalue weighted by Gasteiger charge is 2.12. The quantitative estimate of drug-likeness (QED) is 0.637. The van der Waals surface area contributed by atoms with E-state index in [9.17, 15) is 9.90 Å². The molecule has 3 N–H and O–H groups in total. The number of amides is 2. The summed E-state index contributed by atoms with van der Waals surface area (Å²) in [6.45, 7) is 9.65. The Labute approximate surface area is 126 Å². The summed E-state index contributed by atoms with van der Waals surface area (Å²) in [6, 6.07) is 1.81. The van der Waals surface area contributed by atoms with E-state index < -0.39 is 6.10 Å². The SMILES string of the molecule is CCC(C)C(O)CNC(=O)NCCCn1nc(C)cc1C. The fraction of sp³-hybridized carbons (Fsp3) is 0.733. The highest BCUT2D eigenvalue weighted by atomic mass is 16.3. The molecule has 0 bridgehead atoms. The molecule has 1 aromatic rings. The first-order valence-electron chi connectivity index (χ1n) is 7.64. The van der Waals surface area contributed by atoms with Gasteiger partial charge in [0.1, 0.15) is 0 Å². The second kappa shape index (κ2) is 8.67. The average Bonchev–Trinajstić information content (AvgIpc) is 2.78. The van der Waals surface area contributed by atoms with Crippen molar-refractivity contribution in [3.8, 4) is 0 Å². The number of urea groups is 1. The van der Waals surface area contributed by atoms with Crippen LogP contribution in [0.2, 0.25) is 0 Å². The number of aliphatic hydroxyl groups is 1. The smallest absolute Gasteiger partial charge is 0.314 e. The molecule has 6 nitrogen and oxygen atoms in total. The van der Waals surface area contributed by atoms with Gasteiger partial charge in [-0.05, 0) is 32.3 Å². The molecule has 1 rings (SSSR count). The van der Waals surface area contributed by atoms with Gasteiger partial charge < -0.3 is 15.7 Å². The van der Waals surface area contributed by atoms with Crippen molar-refractivity contribution < 1.29 is 9.90 Å². The Balaban J connectivity index is 2.15. The van der Waals surface area contributed by atoms with Gasteiger partial charge >= 0.3 is 6.03 Å². The van der Waals surface area contributed by atoms with Crippen LogP contribution in [0.15, 0.2) is 6.07 Å². The van der Waals surface area contributed by atoms with Crippen molar-refractivity contribution in [3.05, 3.63) is 17.5 Å². The minimum absolute atomic E-state index is 0.191. The third-order valence-electron chi connectivity index (χ3n) is 3.71. The van der Waals surface area contributed by atoms with E-state index in [0.717, 1.165) is 30.8 Å². The molecule has 2 unspecified atom stereocenters. The van der Waals surface area contributed by atoms with Gasteiger partial charge in [-0.3, -0.25) is 4.68 Å². The maximum Gasteiger partial charge on any atom is 0.314 e. The molecule has 0 saturated carbocycles. The van der Waals surface area contributed by atoms with Crippen LogP contribution in [0.3, 0.4) is 0 Å². The summed E-state index contributed by atoms with van der Waals surface area (Å²) in [7, 11) is 0. The summed E-state index contributed by atoms with van der Waals surface area (Å²) in [5, 5.41) is 19.6. The maximum atomic E-state index is 11.6. The molecule has 0 aliphatic heterocycles. The molecule has 21 heavy (non-hydrogen) atoms. The third kappa shape index (κ3) is 6.16. The predicted octanol–water partition coefficient (Wildman–Crippen LogP) is 1.60. The van der Waals surface area contributed by atoms with Gasteiger partial charge in [-0.25, -0.2) is 4.79 Å². The lowest BCUT2D eigenvalue weighted by Crippen LogP contribution is -2.41. The zero-order valence-corrected chi connectivity index (χ0v) is 13.5. The first-order valence-corrected chi connectivity index (χ1v) is 7.64. The molecule has 0 aromatic carbocycles. The van der Waals surface area contributed by atoms with E-state index in [2.05, 4.69) is 15.7 Å². The molecule has 2 atom stereocenters. The molecular weight excluding hydrogens is 268 g/mol. The number of nitrogens with zero attached hydrogens (tertiary/aromatic N) is 2. The van der Waals surface area contributed by atoms with Crippen molar-refractivity contribution in [2.75, 3.05) is 13.1 Å². The average molecular weight is 296 g/mol. The van der Waals surface area contributed by atoms with Crippen LogP contribution in [0.4, 0.5) is 4.79 Å². The second-order valence-electron chi connectivity index (χ2n) is 5.59. The van der Waals surface area contributed by atoms with E-state index in [1.165, 1.54) is 0 Å². The summed E-state index contributed by atoms with van der Waals surface area (Å²) >= 11 is 0. The normalized spacial score (nSPS) is 13.8. The summed E-state index contributed by atoms with van der Waals surface area (Å²) in [4.78, 5) is 11.6. The van der Waals surface area contributed by atoms with Gasteiger partial charge in [0.25, 0.3) is 0 Å². The molecule has 0 radical (unpaired) electrons. The van der Waals surface area contributed by atoms with E-state index in [4.69, 9.17) is 0 Å². The van der Waals surface area contributed by atoms with E-state index in [1.807, 2.05) is 38.4 Å². The number of carbonyl (C=O) groups is 1. The highest BCUT2D eigenvalue weighted by molar-refractivity contribution is 5.73. The fourth-order valence-corrected chi connectivity index (χ4v) is 2.07. The van der Waals surface area contributed by atoms with Gasteiger partial charge in [0.05, 0.1) is 11.8 Å². The lowest BCUT2D eigenvalue weighted by molar-refractivity contribution is 0.114. The van der Waals surface area contributed by atoms with Crippen LogP contribution < -0.4 is 10.6 Å². The molecular formula is C15H28N4O2. The van der Waals surface area contributed by atoms with Crippen molar-refractivity contribution >= 4 is 6.03 Å². The molecule has 0 fully saturated rings. The second-order valence-corrected chi connectivity index (χ2v) is 5.59. The number of hydrogen-bond acceptors (Lipinski definition) is 3. The van der Waals surface area contributed by atoms with Crippen LogP contribution in [-0.4, -0.2) is 40.1 Å². The summed E-state index contributed by atoms with van der Waals surface area (Å²) in [5.41, 5.74) is 2.14. The van der Waals surface area contributed by atoms with Crippen LogP contribution in [-0.2, 0) is 6.54 Å². The lowest BCUT2D eigenvalue weighted by atomic mass is 10.0. The molecule has 1 heterocycles. The minimum Gasteiger partial charge on any atom is -0.391 e. The Morgan fingerprint density at radius 2 is 2.14 bits per heavy atom. The molecule has 0 aliphatic rings. The van der Waals surface area contributed by atoms with Gasteiger partial charge in [0, 0.05) is 25.3 Å². The Morgan fingerprint density at radius 3 is 2.71 bits per heavy atom. The van der Waals surface area contributed by atoms with Crippen molar-refractivity contribution in [3.63, 3.8) is 0 Å². The maximum absolute atomic E-state index is 11.6. The van der Waals surface area contributed by atoms with Crippen molar-refractivity contribution in [2.24, 2.45) is 5.92 Å². The van der Waals surface area contributed by atoms with Gasteiger partial charge in [-0.1, -0.05) is 20.3 Å². The van der Waals surface area contributed by atoms with Crippen LogP contribution in [0, 0.1) is 19.8 Å². The number of aliphatic hydroxyl groups excluding tert-OH is 1. The summed E-state index contributed by atoms with van der Waals surface area (Å²) in [6.07, 6.45) is 1.23.